The van der Waals surface area contributed by atoms with Crippen molar-refractivity contribution in [2.45, 2.75) is 26.4 Å². The number of aryl methyl sites for hydroxylation is 1. The highest BCUT2D eigenvalue weighted by Crippen LogP contribution is 2.16. The molecule has 2 heterocycles. The number of nitrogens with zero attached hydrogens (tertiary/aromatic N) is 3. The average Bonchev–Trinajstić information content (AvgIpc) is 2.64. The molecule has 0 unspecified atom stereocenters. The SMILES string of the molecule is Cc1cccnc1CN(C)Cc1ccc(-c2nc(CCN)cc(=O)[nH]2)cc1. The van der Waals surface area contributed by atoms with E-state index in [1.807, 2.05) is 24.4 Å². The normalized spacial score (nSPS) is 11.1. The molecule has 27 heavy (non-hydrogen) atoms. The van der Waals surface area contributed by atoms with Gasteiger partial charge in [0.2, 0.25) is 0 Å². The third-order valence-electron chi connectivity index (χ3n) is 4.41. The Hall–Kier alpha value is -2.83. The molecule has 6 nitrogen and oxygen atoms in total. The van der Waals surface area contributed by atoms with E-state index < -0.39 is 0 Å². The lowest BCUT2D eigenvalue weighted by atomic mass is 10.1. The van der Waals surface area contributed by atoms with Gasteiger partial charge < -0.3 is 10.7 Å². The molecule has 0 atom stereocenters. The van der Waals surface area contributed by atoms with Gasteiger partial charge in [-0.3, -0.25) is 14.7 Å². The molecule has 0 bridgehead atoms. The zero-order valence-electron chi connectivity index (χ0n) is 15.8. The van der Waals surface area contributed by atoms with E-state index in [0.717, 1.165) is 24.3 Å². The van der Waals surface area contributed by atoms with Crippen molar-refractivity contribution in [3.63, 3.8) is 0 Å². The molecule has 6 heteroatoms. The number of hydrogen-bond donors (Lipinski definition) is 2. The third-order valence-corrected chi connectivity index (χ3v) is 4.41. The van der Waals surface area contributed by atoms with E-state index in [0.29, 0.717) is 24.5 Å². The number of rotatable bonds is 7. The summed E-state index contributed by atoms with van der Waals surface area (Å²) in [6.07, 6.45) is 2.42. The van der Waals surface area contributed by atoms with Gasteiger partial charge in [-0.05, 0) is 37.7 Å². The van der Waals surface area contributed by atoms with Crippen LogP contribution in [0.4, 0.5) is 0 Å². The fourth-order valence-corrected chi connectivity index (χ4v) is 3.00. The smallest absolute Gasteiger partial charge is 0.251 e. The van der Waals surface area contributed by atoms with Crippen LogP contribution >= 0.6 is 0 Å². The lowest BCUT2D eigenvalue weighted by molar-refractivity contribution is 0.314. The number of H-pyrrole nitrogens is 1. The molecular formula is C21H25N5O. The Morgan fingerprint density at radius 2 is 1.93 bits per heavy atom. The Bertz CT molecular complexity index is 949. The van der Waals surface area contributed by atoms with Gasteiger partial charge in [0.25, 0.3) is 5.56 Å². The number of nitrogens with one attached hydrogen (secondary N) is 1. The third kappa shape index (κ3) is 5.09. The summed E-state index contributed by atoms with van der Waals surface area (Å²) in [6, 6.07) is 13.6. The van der Waals surface area contributed by atoms with Crippen LogP contribution in [0.5, 0.6) is 0 Å². The summed E-state index contributed by atoms with van der Waals surface area (Å²) in [4.78, 5) is 25.8. The minimum atomic E-state index is -0.155. The van der Waals surface area contributed by atoms with Crippen LogP contribution in [0.3, 0.4) is 0 Å². The Labute approximate surface area is 159 Å². The number of aromatic amines is 1. The summed E-state index contributed by atoms with van der Waals surface area (Å²) in [7, 11) is 2.08. The molecule has 0 aliphatic rings. The molecule has 0 aliphatic heterocycles. The largest absolute Gasteiger partial charge is 0.330 e. The summed E-state index contributed by atoms with van der Waals surface area (Å²) in [5.41, 5.74) is 10.5. The van der Waals surface area contributed by atoms with Crippen molar-refractivity contribution in [2.24, 2.45) is 5.73 Å². The molecule has 0 spiro atoms. The van der Waals surface area contributed by atoms with Crippen LogP contribution in [-0.2, 0) is 19.5 Å². The second-order valence-electron chi connectivity index (χ2n) is 6.76. The van der Waals surface area contributed by atoms with Gasteiger partial charge in [-0.1, -0.05) is 30.3 Å². The second kappa shape index (κ2) is 8.70. The van der Waals surface area contributed by atoms with Crippen molar-refractivity contribution >= 4 is 0 Å². The summed E-state index contributed by atoms with van der Waals surface area (Å²) in [6.45, 7) is 4.16. The topological polar surface area (TPSA) is 87.9 Å². The molecule has 2 aromatic heterocycles. The highest BCUT2D eigenvalue weighted by molar-refractivity contribution is 5.55. The highest BCUT2D eigenvalue weighted by atomic mass is 16.1. The van der Waals surface area contributed by atoms with Crippen LogP contribution in [0, 0.1) is 6.92 Å². The van der Waals surface area contributed by atoms with Crippen molar-refractivity contribution in [2.75, 3.05) is 13.6 Å². The minimum absolute atomic E-state index is 0.155. The molecule has 0 amide bonds. The summed E-state index contributed by atoms with van der Waals surface area (Å²) in [5.74, 6) is 0.579. The molecule has 0 aliphatic carbocycles. The molecular weight excluding hydrogens is 338 g/mol. The second-order valence-corrected chi connectivity index (χ2v) is 6.76. The van der Waals surface area contributed by atoms with Crippen LogP contribution in [0.2, 0.25) is 0 Å². The Morgan fingerprint density at radius 1 is 1.15 bits per heavy atom. The Kier molecular flexibility index (Phi) is 6.11. The molecule has 3 N–H and O–H groups in total. The first-order valence-electron chi connectivity index (χ1n) is 9.04. The quantitative estimate of drug-likeness (QED) is 0.672. The van der Waals surface area contributed by atoms with Gasteiger partial charge in [-0.2, -0.15) is 0 Å². The fourth-order valence-electron chi connectivity index (χ4n) is 3.00. The van der Waals surface area contributed by atoms with Crippen LogP contribution in [0.25, 0.3) is 11.4 Å². The Morgan fingerprint density at radius 3 is 2.63 bits per heavy atom. The van der Waals surface area contributed by atoms with Gasteiger partial charge in [0.1, 0.15) is 5.82 Å². The van der Waals surface area contributed by atoms with Gasteiger partial charge in [0, 0.05) is 43.0 Å². The average molecular weight is 363 g/mol. The zero-order chi connectivity index (χ0) is 19.2. The maximum atomic E-state index is 11.8. The zero-order valence-corrected chi connectivity index (χ0v) is 15.8. The van der Waals surface area contributed by atoms with Crippen LogP contribution in [0.1, 0.15) is 22.5 Å². The van der Waals surface area contributed by atoms with Crippen molar-refractivity contribution in [1.29, 1.82) is 0 Å². The van der Waals surface area contributed by atoms with E-state index in [1.165, 1.54) is 17.2 Å². The van der Waals surface area contributed by atoms with Crippen molar-refractivity contribution in [3.8, 4) is 11.4 Å². The van der Waals surface area contributed by atoms with Gasteiger partial charge in [-0.15, -0.1) is 0 Å². The number of hydrogen-bond acceptors (Lipinski definition) is 5. The van der Waals surface area contributed by atoms with Crippen molar-refractivity contribution < 1.29 is 0 Å². The van der Waals surface area contributed by atoms with Crippen LogP contribution in [0.15, 0.2) is 53.5 Å². The van der Waals surface area contributed by atoms with E-state index in [9.17, 15) is 4.79 Å². The highest BCUT2D eigenvalue weighted by Gasteiger charge is 2.07. The molecule has 3 rings (SSSR count). The fraction of sp³-hybridized carbons (Fsp3) is 0.286. The summed E-state index contributed by atoms with van der Waals surface area (Å²) < 4.78 is 0. The predicted octanol–water partition coefficient (Wildman–Crippen LogP) is 2.27. The molecule has 0 radical (unpaired) electrons. The van der Waals surface area contributed by atoms with Crippen molar-refractivity contribution in [3.05, 3.63) is 81.5 Å². The maximum absolute atomic E-state index is 11.8. The molecule has 3 aromatic rings. The van der Waals surface area contributed by atoms with Gasteiger partial charge in [-0.25, -0.2) is 4.98 Å². The van der Waals surface area contributed by atoms with Gasteiger partial charge in [0.05, 0.1) is 5.69 Å². The molecule has 0 saturated carbocycles. The number of pyridine rings is 1. The summed E-state index contributed by atoms with van der Waals surface area (Å²) in [5, 5.41) is 0. The number of aromatic nitrogens is 3. The first-order valence-corrected chi connectivity index (χ1v) is 9.04. The molecule has 0 fully saturated rings. The van der Waals surface area contributed by atoms with E-state index >= 15 is 0 Å². The first kappa shape index (κ1) is 18.9. The number of benzene rings is 1. The lowest BCUT2D eigenvalue weighted by Gasteiger charge is -2.17. The molecule has 0 saturated heterocycles. The minimum Gasteiger partial charge on any atom is -0.330 e. The van der Waals surface area contributed by atoms with E-state index in [-0.39, 0.29) is 5.56 Å². The van der Waals surface area contributed by atoms with E-state index in [2.05, 4.69) is 52.0 Å². The van der Waals surface area contributed by atoms with Crippen molar-refractivity contribution in [1.82, 2.24) is 19.9 Å². The van der Waals surface area contributed by atoms with E-state index in [1.54, 1.807) is 0 Å². The maximum Gasteiger partial charge on any atom is 0.251 e. The predicted molar refractivity (Wildman–Crippen MR) is 107 cm³/mol. The molecule has 1 aromatic carbocycles. The number of nitrogens with two attached hydrogens (primary N) is 1. The van der Waals surface area contributed by atoms with E-state index in [4.69, 9.17) is 5.73 Å². The monoisotopic (exact) mass is 363 g/mol. The lowest BCUT2D eigenvalue weighted by Crippen LogP contribution is -2.18. The van der Waals surface area contributed by atoms with Crippen LogP contribution in [-0.4, -0.2) is 33.4 Å². The standard InChI is InChI=1S/C21H25N5O/c1-15-4-3-11-23-19(15)14-26(2)13-16-5-7-17(8-6-16)21-24-18(9-10-22)12-20(27)25-21/h3-8,11-12H,9-10,13-14,22H2,1-2H3,(H,24,25,27). The van der Waals surface area contributed by atoms with Gasteiger partial charge >= 0.3 is 0 Å². The van der Waals surface area contributed by atoms with Gasteiger partial charge in [0.15, 0.2) is 0 Å². The summed E-state index contributed by atoms with van der Waals surface area (Å²) >= 11 is 0. The molecule has 140 valence electrons. The Balaban J connectivity index is 1.70. The van der Waals surface area contributed by atoms with Crippen LogP contribution < -0.4 is 11.3 Å². The first-order chi connectivity index (χ1) is 13.0.